The van der Waals surface area contributed by atoms with Crippen molar-refractivity contribution < 1.29 is 22.7 Å². The Bertz CT molecular complexity index is 671. The summed E-state index contributed by atoms with van der Waals surface area (Å²) in [6.07, 6.45) is 0. The van der Waals surface area contributed by atoms with Crippen LogP contribution in [0, 0.1) is 0 Å². The van der Waals surface area contributed by atoms with Gasteiger partial charge < -0.3 is 14.4 Å². The zero-order valence-electron chi connectivity index (χ0n) is 11.9. The van der Waals surface area contributed by atoms with Crippen LogP contribution in [-0.2, 0) is 14.6 Å². The van der Waals surface area contributed by atoms with Crippen LogP contribution in [-0.4, -0.2) is 51.8 Å². The molecular formula is C13H16ClNO5S. The molecule has 0 radical (unpaired) electrons. The second kappa shape index (κ2) is 5.73. The lowest BCUT2D eigenvalue weighted by atomic mass is 10.3. The zero-order valence-corrected chi connectivity index (χ0v) is 13.5. The van der Waals surface area contributed by atoms with Crippen molar-refractivity contribution in [3.63, 3.8) is 0 Å². The molecule has 1 aliphatic heterocycles. The Morgan fingerprint density at radius 2 is 1.76 bits per heavy atom. The summed E-state index contributed by atoms with van der Waals surface area (Å²) in [6.45, 7) is 2.05. The van der Waals surface area contributed by atoms with E-state index in [4.69, 9.17) is 21.1 Å². The van der Waals surface area contributed by atoms with E-state index in [0.717, 1.165) is 0 Å². The summed E-state index contributed by atoms with van der Waals surface area (Å²) >= 11 is 6.03. The molecule has 1 aromatic carbocycles. The van der Waals surface area contributed by atoms with E-state index in [1.54, 1.807) is 0 Å². The first kappa shape index (κ1) is 15.9. The van der Waals surface area contributed by atoms with Crippen molar-refractivity contribution in [2.75, 3.05) is 27.3 Å². The maximum absolute atomic E-state index is 12.6. The van der Waals surface area contributed by atoms with Crippen LogP contribution in [0.5, 0.6) is 11.5 Å². The number of ether oxygens (including phenoxy) is 2. The quantitative estimate of drug-likeness (QED) is 0.835. The molecular weight excluding hydrogens is 318 g/mol. The minimum absolute atomic E-state index is 0.0117. The van der Waals surface area contributed by atoms with Gasteiger partial charge in [0.15, 0.2) is 21.3 Å². The number of hydrogen-bond donors (Lipinski definition) is 0. The number of hydrogen-bond acceptors (Lipinski definition) is 5. The Labute approximate surface area is 128 Å². The Balaban J connectivity index is 2.47. The first-order valence-corrected chi connectivity index (χ1v) is 8.21. The highest BCUT2D eigenvalue weighted by molar-refractivity contribution is 7.92. The molecule has 2 rings (SSSR count). The molecule has 0 aromatic heterocycles. The Hall–Kier alpha value is -1.47. The fraction of sp³-hybridized carbons (Fsp3) is 0.462. The molecule has 1 amide bonds. The number of carbonyl (C=O) groups is 1. The number of sulfone groups is 1. The van der Waals surface area contributed by atoms with Crippen molar-refractivity contribution in [3.8, 4) is 11.5 Å². The molecule has 0 saturated carbocycles. The van der Waals surface area contributed by atoms with Crippen molar-refractivity contribution in [3.05, 3.63) is 17.2 Å². The van der Waals surface area contributed by atoms with Crippen LogP contribution in [0.4, 0.5) is 0 Å². The monoisotopic (exact) mass is 333 g/mol. The van der Waals surface area contributed by atoms with E-state index in [0.29, 0.717) is 24.7 Å². The molecule has 0 aliphatic carbocycles. The predicted molar refractivity (Wildman–Crippen MR) is 77.8 cm³/mol. The number of halogens is 1. The second-order valence-electron chi connectivity index (χ2n) is 4.85. The van der Waals surface area contributed by atoms with Gasteiger partial charge in [0, 0.05) is 26.2 Å². The van der Waals surface area contributed by atoms with Gasteiger partial charge in [0.2, 0.25) is 5.91 Å². The molecule has 1 aliphatic rings. The highest BCUT2D eigenvalue weighted by Gasteiger charge is 2.33. The minimum Gasteiger partial charge on any atom is -0.486 e. The molecule has 6 nitrogen and oxygen atoms in total. The van der Waals surface area contributed by atoms with Gasteiger partial charge in [0.1, 0.15) is 18.5 Å². The van der Waals surface area contributed by atoms with Gasteiger partial charge in [-0.05, 0) is 6.92 Å². The SMILES string of the molecule is C[C@H](C(=O)N(C)C)S(=O)(=O)c1cc2c(cc1Cl)OCCO2. The lowest BCUT2D eigenvalue weighted by Gasteiger charge is -2.21. The first-order chi connectivity index (χ1) is 9.75. The lowest BCUT2D eigenvalue weighted by molar-refractivity contribution is -0.127. The summed E-state index contributed by atoms with van der Waals surface area (Å²) in [4.78, 5) is 13.0. The van der Waals surface area contributed by atoms with Crippen LogP contribution in [0.25, 0.3) is 0 Å². The van der Waals surface area contributed by atoms with Crippen LogP contribution in [0.15, 0.2) is 17.0 Å². The van der Waals surface area contributed by atoms with E-state index < -0.39 is 21.0 Å². The van der Waals surface area contributed by atoms with Gasteiger partial charge in [-0.3, -0.25) is 4.79 Å². The van der Waals surface area contributed by atoms with E-state index in [1.165, 1.54) is 38.1 Å². The zero-order chi connectivity index (χ0) is 15.8. The van der Waals surface area contributed by atoms with E-state index >= 15 is 0 Å². The van der Waals surface area contributed by atoms with E-state index in [9.17, 15) is 13.2 Å². The minimum atomic E-state index is -3.91. The summed E-state index contributed by atoms with van der Waals surface area (Å²) in [7, 11) is -0.907. The molecule has 0 bridgehead atoms. The van der Waals surface area contributed by atoms with Crippen molar-refractivity contribution in [1.29, 1.82) is 0 Å². The van der Waals surface area contributed by atoms with Crippen LogP contribution >= 0.6 is 11.6 Å². The van der Waals surface area contributed by atoms with Gasteiger partial charge in [-0.25, -0.2) is 8.42 Å². The number of benzene rings is 1. The second-order valence-corrected chi connectivity index (χ2v) is 7.49. The molecule has 0 fully saturated rings. The Morgan fingerprint density at radius 1 is 1.24 bits per heavy atom. The topological polar surface area (TPSA) is 72.9 Å². The van der Waals surface area contributed by atoms with Gasteiger partial charge in [0.05, 0.1) is 9.92 Å². The molecule has 0 saturated heterocycles. The van der Waals surface area contributed by atoms with Crippen molar-refractivity contribution in [1.82, 2.24) is 4.90 Å². The average Bonchev–Trinajstić information content (AvgIpc) is 2.44. The third-order valence-corrected chi connectivity index (χ3v) is 5.67. The van der Waals surface area contributed by atoms with Gasteiger partial charge in [0.25, 0.3) is 0 Å². The Kier molecular flexibility index (Phi) is 4.34. The third kappa shape index (κ3) is 2.94. The van der Waals surface area contributed by atoms with Gasteiger partial charge >= 0.3 is 0 Å². The van der Waals surface area contributed by atoms with Crippen LogP contribution in [0.2, 0.25) is 5.02 Å². The molecule has 0 unspecified atom stereocenters. The maximum Gasteiger partial charge on any atom is 0.240 e. The predicted octanol–water partition coefficient (Wildman–Crippen LogP) is 1.36. The van der Waals surface area contributed by atoms with Crippen molar-refractivity contribution in [2.45, 2.75) is 17.1 Å². The van der Waals surface area contributed by atoms with Crippen molar-refractivity contribution in [2.24, 2.45) is 0 Å². The first-order valence-electron chi connectivity index (χ1n) is 6.29. The highest BCUT2D eigenvalue weighted by atomic mass is 35.5. The lowest BCUT2D eigenvalue weighted by Crippen LogP contribution is -2.37. The normalized spacial score (nSPS) is 15.4. The fourth-order valence-electron chi connectivity index (χ4n) is 1.95. The van der Waals surface area contributed by atoms with Crippen LogP contribution < -0.4 is 9.47 Å². The van der Waals surface area contributed by atoms with Gasteiger partial charge in [-0.2, -0.15) is 0 Å². The number of rotatable bonds is 3. The fourth-order valence-corrected chi connectivity index (χ4v) is 3.89. The molecule has 1 atom stereocenters. The number of amides is 1. The van der Waals surface area contributed by atoms with E-state index in [2.05, 4.69) is 0 Å². The van der Waals surface area contributed by atoms with Gasteiger partial charge in [-0.1, -0.05) is 11.6 Å². The van der Waals surface area contributed by atoms with Crippen LogP contribution in [0.1, 0.15) is 6.92 Å². The number of fused-ring (bicyclic) bond motifs is 1. The summed E-state index contributed by atoms with van der Waals surface area (Å²) in [5.74, 6) is 0.200. The summed E-state index contributed by atoms with van der Waals surface area (Å²) in [5, 5.41) is -1.22. The molecule has 8 heteroatoms. The summed E-state index contributed by atoms with van der Waals surface area (Å²) in [6, 6.07) is 2.71. The van der Waals surface area contributed by atoms with E-state index in [1.807, 2.05) is 0 Å². The molecule has 1 aromatic rings. The summed E-state index contributed by atoms with van der Waals surface area (Å²) in [5.41, 5.74) is 0. The molecule has 0 spiro atoms. The summed E-state index contributed by atoms with van der Waals surface area (Å²) < 4.78 is 35.8. The van der Waals surface area contributed by atoms with Gasteiger partial charge in [-0.15, -0.1) is 0 Å². The number of nitrogens with zero attached hydrogens (tertiary/aromatic N) is 1. The molecule has 116 valence electrons. The largest absolute Gasteiger partial charge is 0.486 e. The maximum atomic E-state index is 12.6. The Morgan fingerprint density at radius 3 is 2.29 bits per heavy atom. The average molecular weight is 334 g/mol. The van der Waals surface area contributed by atoms with Crippen LogP contribution in [0.3, 0.4) is 0 Å². The highest BCUT2D eigenvalue weighted by Crippen LogP contribution is 2.38. The molecule has 0 N–H and O–H groups in total. The van der Waals surface area contributed by atoms with E-state index in [-0.39, 0.29) is 9.92 Å². The third-order valence-electron chi connectivity index (χ3n) is 3.16. The van der Waals surface area contributed by atoms with Crippen molar-refractivity contribution >= 4 is 27.3 Å². The standard InChI is InChI=1S/C13H16ClNO5S/c1-8(13(16)15(2)3)21(17,18)12-7-11-10(6-9(12)14)19-4-5-20-11/h6-8H,4-5H2,1-3H3/t8-/m1/s1. The molecule has 21 heavy (non-hydrogen) atoms. The molecule has 1 heterocycles. The number of carbonyl (C=O) groups excluding carboxylic acids is 1. The smallest absolute Gasteiger partial charge is 0.240 e.